The summed E-state index contributed by atoms with van der Waals surface area (Å²) in [5, 5.41) is 0. The molecule has 0 saturated heterocycles. The van der Waals surface area contributed by atoms with Crippen LogP contribution in [0.25, 0.3) is 0 Å². The van der Waals surface area contributed by atoms with E-state index in [1.807, 2.05) is 0 Å². The molecule has 0 bridgehead atoms. The fraction of sp³-hybridized carbons (Fsp3) is 0.826. The van der Waals surface area contributed by atoms with E-state index in [9.17, 15) is 9.59 Å². The standard InChI is InChI=1S/C23H40O4/c1-2-3-4-5-6-7-8-9-10-14-19-26-22(24)17-18-23(25)27-20-21-15-12-11-13-16-21/h17-18,21H,2-16,19-20H2,1H3/b18-17+. The van der Waals surface area contributed by atoms with Crippen LogP contribution in [0.2, 0.25) is 0 Å². The van der Waals surface area contributed by atoms with Gasteiger partial charge in [0.1, 0.15) is 0 Å². The van der Waals surface area contributed by atoms with Gasteiger partial charge in [-0.1, -0.05) is 84.0 Å². The van der Waals surface area contributed by atoms with E-state index in [0.717, 1.165) is 25.7 Å². The number of carbonyl (C=O) groups excluding carboxylic acids is 2. The van der Waals surface area contributed by atoms with Gasteiger partial charge in [-0.05, 0) is 25.2 Å². The van der Waals surface area contributed by atoms with E-state index in [-0.39, 0.29) is 0 Å². The molecule has 0 amide bonds. The number of carbonyl (C=O) groups is 2. The van der Waals surface area contributed by atoms with Crippen LogP contribution in [0.3, 0.4) is 0 Å². The third-order valence-corrected chi connectivity index (χ3v) is 5.28. The molecular weight excluding hydrogens is 340 g/mol. The Morgan fingerprint density at radius 3 is 1.85 bits per heavy atom. The molecule has 27 heavy (non-hydrogen) atoms. The van der Waals surface area contributed by atoms with E-state index in [1.165, 1.54) is 82.8 Å². The van der Waals surface area contributed by atoms with E-state index < -0.39 is 11.9 Å². The smallest absolute Gasteiger partial charge is 0.331 e. The molecule has 0 aromatic rings. The maximum absolute atomic E-state index is 11.6. The molecule has 0 aliphatic heterocycles. The molecule has 1 rings (SSSR count). The first-order valence-corrected chi connectivity index (χ1v) is 11.2. The Bertz CT molecular complexity index is 411. The van der Waals surface area contributed by atoms with Crippen LogP contribution in [-0.2, 0) is 19.1 Å². The Kier molecular flexibility index (Phi) is 14.8. The first-order chi connectivity index (χ1) is 13.2. The minimum Gasteiger partial charge on any atom is -0.463 e. The lowest BCUT2D eigenvalue weighted by Crippen LogP contribution is -2.15. The molecule has 156 valence electrons. The average molecular weight is 381 g/mol. The van der Waals surface area contributed by atoms with Crippen molar-refractivity contribution in [2.75, 3.05) is 13.2 Å². The maximum Gasteiger partial charge on any atom is 0.331 e. The first kappa shape index (κ1) is 23.7. The molecule has 0 radical (unpaired) electrons. The van der Waals surface area contributed by atoms with Crippen molar-refractivity contribution in [3.63, 3.8) is 0 Å². The number of hydrogen-bond donors (Lipinski definition) is 0. The van der Waals surface area contributed by atoms with Gasteiger partial charge in [-0.3, -0.25) is 0 Å². The molecule has 0 heterocycles. The molecule has 0 N–H and O–H groups in total. The zero-order valence-corrected chi connectivity index (χ0v) is 17.4. The molecule has 4 nitrogen and oxygen atoms in total. The Morgan fingerprint density at radius 1 is 0.741 bits per heavy atom. The Morgan fingerprint density at radius 2 is 1.26 bits per heavy atom. The summed E-state index contributed by atoms with van der Waals surface area (Å²) in [6.45, 7) is 3.14. The fourth-order valence-electron chi connectivity index (χ4n) is 3.55. The van der Waals surface area contributed by atoms with Crippen molar-refractivity contribution in [3.05, 3.63) is 12.2 Å². The van der Waals surface area contributed by atoms with E-state index in [2.05, 4.69) is 6.92 Å². The van der Waals surface area contributed by atoms with Crippen LogP contribution in [0.5, 0.6) is 0 Å². The lowest BCUT2D eigenvalue weighted by atomic mass is 9.90. The maximum atomic E-state index is 11.6. The van der Waals surface area contributed by atoms with Crippen LogP contribution >= 0.6 is 0 Å². The Balaban J connectivity index is 1.91. The third kappa shape index (κ3) is 14.4. The van der Waals surface area contributed by atoms with Crippen LogP contribution in [0.1, 0.15) is 103 Å². The van der Waals surface area contributed by atoms with E-state index in [1.54, 1.807) is 0 Å². The van der Waals surface area contributed by atoms with Gasteiger partial charge in [-0.2, -0.15) is 0 Å². The largest absolute Gasteiger partial charge is 0.463 e. The zero-order valence-electron chi connectivity index (χ0n) is 17.4. The van der Waals surface area contributed by atoms with Crippen molar-refractivity contribution in [2.24, 2.45) is 5.92 Å². The van der Waals surface area contributed by atoms with Gasteiger partial charge in [-0.15, -0.1) is 0 Å². The molecule has 0 aromatic heterocycles. The van der Waals surface area contributed by atoms with Gasteiger partial charge in [0.15, 0.2) is 0 Å². The normalized spacial score (nSPS) is 15.1. The molecule has 1 aliphatic carbocycles. The highest BCUT2D eigenvalue weighted by Crippen LogP contribution is 2.23. The average Bonchev–Trinajstić information content (AvgIpc) is 2.69. The van der Waals surface area contributed by atoms with Crippen LogP contribution in [0.4, 0.5) is 0 Å². The molecule has 1 fully saturated rings. The summed E-state index contributed by atoms with van der Waals surface area (Å²) in [7, 11) is 0. The fourth-order valence-corrected chi connectivity index (χ4v) is 3.55. The minimum absolute atomic E-state index is 0.427. The van der Waals surface area contributed by atoms with E-state index >= 15 is 0 Å². The summed E-state index contributed by atoms with van der Waals surface area (Å²) in [6.07, 6.45) is 20.9. The van der Waals surface area contributed by atoms with Crippen molar-refractivity contribution in [1.82, 2.24) is 0 Å². The van der Waals surface area contributed by atoms with Crippen molar-refractivity contribution in [3.8, 4) is 0 Å². The second kappa shape index (κ2) is 16.8. The predicted octanol–water partition coefficient (Wildman–Crippen LogP) is 6.13. The highest BCUT2D eigenvalue weighted by molar-refractivity contribution is 5.91. The van der Waals surface area contributed by atoms with E-state index in [4.69, 9.17) is 9.47 Å². The summed E-state index contributed by atoms with van der Waals surface area (Å²) >= 11 is 0. The summed E-state index contributed by atoms with van der Waals surface area (Å²) in [5.74, 6) is -0.420. The lowest BCUT2D eigenvalue weighted by molar-refractivity contribution is -0.141. The molecule has 1 saturated carbocycles. The SMILES string of the molecule is CCCCCCCCCCCCOC(=O)/C=C/C(=O)OCC1CCCCC1. The molecule has 0 spiro atoms. The van der Waals surface area contributed by atoms with E-state index in [0.29, 0.717) is 19.1 Å². The number of hydrogen-bond acceptors (Lipinski definition) is 4. The van der Waals surface area contributed by atoms with Gasteiger partial charge in [0.05, 0.1) is 13.2 Å². The van der Waals surface area contributed by atoms with Gasteiger partial charge >= 0.3 is 11.9 Å². The predicted molar refractivity (Wildman–Crippen MR) is 109 cm³/mol. The van der Waals surface area contributed by atoms with Gasteiger partial charge in [0.25, 0.3) is 0 Å². The van der Waals surface area contributed by atoms with Gasteiger partial charge in [-0.25, -0.2) is 9.59 Å². The highest BCUT2D eigenvalue weighted by Gasteiger charge is 2.14. The van der Waals surface area contributed by atoms with Crippen LogP contribution in [-0.4, -0.2) is 25.2 Å². The molecule has 0 aromatic carbocycles. The summed E-state index contributed by atoms with van der Waals surface area (Å²) < 4.78 is 10.3. The Labute approximate surface area is 166 Å². The monoisotopic (exact) mass is 380 g/mol. The van der Waals surface area contributed by atoms with Crippen LogP contribution in [0, 0.1) is 5.92 Å². The summed E-state index contributed by atoms with van der Waals surface area (Å²) in [5.41, 5.74) is 0. The third-order valence-electron chi connectivity index (χ3n) is 5.28. The second-order valence-corrected chi connectivity index (χ2v) is 7.82. The minimum atomic E-state index is -0.458. The Hall–Kier alpha value is -1.32. The number of unbranched alkanes of at least 4 members (excludes halogenated alkanes) is 9. The van der Waals surface area contributed by atoms with Crippen LogP contribution < -0.4 is 0 Å². The van der Waals surface area contributed by atoms with Crippen molar-refractivity contribution < 1.29 is 19.1 Å². The lowest BCUT2D eigenvalue weighted by Gasteiger charge is -2.20. The summed E-state index contributed by atoms with van der Waals surface area (Å²) in [6, 6.07) is 0. The zero-order chi connectivity index (χ0) is 19.6. The molecular formula is C23H40O4. The molecule has 4 heteroatoms. The summed E-state index contributed by atoms with van der Waals surface area (Å²) in [4.78, 5) is 23.2. The second-order valence-electron chi connectivity index (χ2n) is 7.82. The van der Waals surface area contributed by atoms with Gasteiger partial charge in [0, 0.05) is 12.2 Å². The topological polar surface area (TPSA) is 52.6 Å². The molecule has 1 aliphatic rings. The van der Waals surface area contributed by atoms with Crippen molar-refractivity contribution >= 4 is 11.9 Å². The molecule has 0 atom stereocenters. The highest BCUT2D eigenvalue weighted by atomic mass is 16.5. The van der Waals surface area contributed by atoms with Crippen molar-refractivity contribution in [1.29, 1.82) is 0 Å². The first-order valence-electron chi connectivity index (χ1n) is 11.2. The number of esters is 2. The van der Waals surface area contributed by atoms with Crippen molar-refractivity contribution in [2.45, 2.75) is 103 Å². The van der Waals surface area contributed by atoms with Gasteiger partial charge < -0.3 is 9.47 Å². The number of rotatable bonds is 15. The number of ether oxygens (including phenoxy) is 2. The van der Waals surface area contributed by atoms with Crippen LogP contribution in [0.15, 0.2) is 12.2 Å². The molecule has 0 unspecified atom stereocenters. The quantitative estimate of drug-likeness (QED) is 0.195. The van der Waals surface area contributed by atoms with Gasteiger partial charge in [0.2, 0.25) is 0 Å².